The summed E-state index contributed by atoms with van der Waals surface area (Å²) < 4.78 is 5.15. The third kappa shape index (κ3) is 4.16. The first kappa shape index (κ1) is 11.8. The van der Waals surface area contributed by atoms with Gasteiger partial charge in [-0.05, 0) is 12.8 Å². The topological polar surface area (TPSA) is 78.9 Å². The number of hydrogen-bond donors (Lipinski definition) is 2. The first-order chi connectivity index (χ1) is 7.09. The molecule has 1 aliphatic rings. The number of carboxylic acids is 1. The summed E-state index contributed by atoms with van der Waals surface area (Å²) in [5.41, 5.74) is 0. The zero-order valence-corrected chi connectivity index (χ0v) is 8.73. The maximum absolute atomic E-state index is 11.5. The van der Waals surface area contributed by atoms with Crippen molar-refractivity contribution >= 4 is 12.0 Å². The Morgan fingerprint density at radius 3 is 2.60 bits per heavy atom. The molecule has 0 atom stereocenters. The van der Waals surface area contributed by atoms with E-state index in [1.165, 1.54) is 7.05 Å². The normalized spacial score (nSPS) is 17.1. The predicted octanol–water partition coefficient (Wildman–Crippen LogP) is -0.109. The Hall–Kier alpha value is -1.30. The largest absolute Gasteiger partial charge is 0.480 e. The third-order valence-electron chi connectivity index (χ3n) is 2.27. The van der Waals surface area contributed by atoms with E-state index >= 15 is 0 Å². The van der Waals surface area contributed by atoms with Gasteiger partial charge in [0.05, 0.1) is 0 Å². The number of ether oxygens (including phenoxy) is 1. The molecule has 1 rings (SSSR count). The van der Waals surface area contributed by atoms with Gasteiger partial charge < -0.3 is 20.1 Å². The predicted molar refractivity (Wildman–Crippen MR) is 52.6 cm³/mol. The number of rotatable bonds is 3. The number of carboxylic acid groups (broad SMARTS) is 1. The average Bonchev–Trinajstić information content (AvgIpc) is 2.18. The van der Waals surface area contributed by atoms with E-state index in [0.717, 1.165) is 17.7 Å². The fourth-order valence-corrected chi connectivity index (χ4v) is 1.40. The van der Waals surface area contributed by atoms with Crippen molar-refractivity contribution in [3.05, 3.63) is 0 Å². The van der Waals surface area contributed by atoms with Gasteiger partial charge in [-0.1, -0.05) is 0 Å². The molecule has 1 saturated heterocycles. The number of urea groups is 1. The zero-order valence-electron chi connectivity index (χ0n) is 8.73. The summed E-state index contributed by atoms with van der Waals surface area (Å²) in [4.78, 5) is 23.0. The number of nitrogens with zero attached hydrogens (tertiary/aromatic N) is 1. The van der Waals surface area contributed by atoms with Gasteiger partial charge in [-0.15, -0.1) is 0 Å². The van der Waals surface area contributed by atoms with Crippen LogP contribution in [0.5, 0.6) is 0 Å². The average molecular weight is 216 g/mol. The van der Waals surface area contributed by atoms with Gasteiger partial charge in [-0.3, -0.25) is 4.79 Å². The van der Waals surface area contributed by atoms with E-state index in [-0.39, 0.29) is 18.6 Å². The van der Waals surface area contributed by atoms with Crippen molar-refractivity contribution in [1.82, 2.24) is 10.2 Å². The molecule has 0 bridgehead atoms. The highest BCUT2D eigenvalue weighted by Crippen LogP contribution is 2.06. The van der Waals surface area contributed by atoms with E-state index in [2.05, 4.69) is 5.32 Å². The van der Waals surface area contributed by atoms with Gasteiger partial charge in [-0.25, -0.2) is 4.79 Å². The number of likely N-dealkylation sites (N-methyl/N-ethyl adjacent to an activating group) is 1. The van der Waals surface area contributed by atoms with Crippen LogP contribution >= 0.6 is 0 Å². The van der Waals surface area contributed by atoms with Crippen LogP contribution < -0.4 is 5.32 Å². The number of carbonyl (C=O) groups excluding carboxylic acids is 1. The van der Waals surface area contributed by atoms with Gasteiger partial charge in [-0.2, -0.15) is 0 Å². The molecule has 0 unspecified atom stereocenters. The quantitative estimate of drug-likeness (QED) is 0.690. The van der Waals surface area contributed by atoms with Crippen molar-refractivity contribution in [3.8, 4) is 0 Å². The second kappa shape index (κ2) is 5.55. The lowest BCUT2D eigenvalue weighted by Gasteiger charge is -2.25. The molecule has 1 aliphatic heterocycles. The highest BCUT2D eigenvalue weighted by atomic mass is 16.5. The minimum atomic E-state index is -1.01. The van der Waals surface area contributed by atoms with Crippen LogP contribution in [0, 0.1) is 0 Å². The Labute approximate surface area is 88.2 Å². The first-order valence-corrected chi connectivity index (χ1v) is 4.90. The molecule has 86 valence electrons. The van der Waals surface area contributed by atoms with E-state index < -0.39 is 5.97 Å². The molecule has 1 heterocycles. The number of carbonyl (C=O) groups is 2. The number of nitrogens with one attached hydrogen (secondary N) is 1. The lowest BCUT2D eigenvalue weighted by molar-refractivity contribution is -0.137. The van der Waals surface area contributed by atoms with Crippen molar-refractivity contribution in [3.63, 3.8) is 0 Å². The van der Waals surface area contributed by atoms with E-state index in [4.69, 9.17) is 9.84 Å². The minimum Gasteiger partial charge on any atom is -0.480 e. The van der Waals surface area contributed by atoms with Crippen molar-refractivity contribution in [2.75, 3.05) is 26.8 Å². The van der Waals surface area contributed by atoms with E-state index in [1.54, 1.807) is 0 Å². The van der Waals surface area contributed by atoms with Gasteiger partial charge in [0.25, 0.3) is 0 Å². The zero-order chi connectivity index (χ0) is 11.3. The van der Waals surface area contributed by atoms with Crippen LogP contribution in [0.25, 0.3) is 0 Å². The summed E-state index contributed by atoms with van der Waals surface area (Å²) in [5, 5.41) is 11.3. The van der Waals surface area contributed by atoms with Crippen molar-refractivity contribution < 1.29 is 19.4 Å². The Balaban J connectivity index is 2.30. The fraction of sp³-hybridized carbons (Fsp3) is 0.778. The molecule has 6 nitrogen and oxygen atoms in total. The molecule has 6 heteroatoms. The molecule has 0 radical (unpaired) electrons. The SMILES string of the molecule is CN(CC(=O)O)C(=O)NC1CCOCC1. The van der Waals surface area contributed by atoms with E-state index in [9.17, 15) is 9.59 Å². The molecule has 1 fully saturated rings. The summed E-state index contributed by atoms with van der Waals surface area (Å²) in [7, 11) is 1.46. The van der Waals surface area contributed by atoms with Crippen LogP contribution in [0.15, 0.2) is 0 Å². The Bertz CT molecular complexity index is 238. The fourth-order valence-electron chi connectivity index (χ4n) is 1.40. The highest BCUT2D eigenvalue weighted by Gasteiger charge is 2.18. The molecule has 2 N–H and O–H groups in total. The first-order valence-electron chi connectivity index (χ1n) is 4.90. The third-order valence-corrected chi connectivity index (χ3v) is 2.27. The molecular formula is C9H16N2O4. The molecule has 0 aromatic heterocycles. The molecule has 0 aromatic carbocycles. The maximum Gasteiger partial charge on any atom is 0.323 e. The monoisotopic (exact) mass is 216 g/mol. The Morgan fingerprint density at radius 2 is 2.07 bits per heavy atom. The van der Waals surface area contributed by atoms with Crippen LogP contribution in [-0.4, -0.2) is 54.9 Å². The summed E-state index contributed by atoms with van der Waals surface area (Å²) in [6, 6.07) is -0.244. The van der Waals surface area contributed by atoms with E-state index in [1.807, 2.05) is 0 Å². The second-order valence-corrected chi connectivity index (χ2v) is 3.59. The molecule has 0 aliphatic carbocycles. The lowest BCUT2D eigenvalue weighted by atomic mass is 10.1. The molecule has 2 amide bonds. The van der Waals surface area contributed by atoms with Crippen molar-refractivity contribution in [2.24, 2.45) is 0 Å². The maximum atomic E-state index is 11.5. The molecular weight excluding hydrogens is 200 g/mol. The van der Waals surface area contributed by atoms with Gasteiger partial charge >= 0.3 is 12.0 Å². The number of aliphatic carboxylic acids is 1. The molecule has 0 spiro atoms. The summed E-state index contributed by atoms with van der Waals surface area (Å²) in [5.74, 6) is -1.01. The van der Waals surface area contributed by atoms with Gasteiger partial charge in [0, 0.05) is 26.3 Å². The summed E-state index contributed by atoms with van der Waals surface area (Å²) in [6.45, 7) is 1.01. The van der Waals surface area contributed by atoms with Crippen LogP contribution in [0.1, 0.15) is 12.8 Å². The van der Waals surface area contributed by atoms with Crippen LogP contribution in [0.2, 0.25) is 0 Å². The molecule has 0 aromatic rings. The smallest absolute Gasteiger partial charge is 0.323 e. The standard InChI is InChI=1S/C9H16N2O4/c1-11(6-8(12)13)9(14)10-7-2-4-15-5-3-7/h7H,2-6H2,1H3,(H,10,14)(H,12,13). The second-order valence-electron chi connectivity index (χ2n) is 3.59. The van der Waals surface area contributed by atoms with Crippen molar-refractivity contribution in [2.45, 2.75) is 18.9 Å². The van der Waals surface area contributed by atoms with E-state index in [0.29, 0.717) is 13.2 Å². The highest BCUT2D eigenvalue weighted by molar-refractivity contribution is 5.79. The van der Waals surface area contributed by atoms with Gasteiger partial charge in [0.1, 0.15) is 6.54 Å². The van der Waals surface area contributed by atoms with Crippen molar-refractivity contribution in [1.29, 1.82) is 0 Å². The minimum absolute atomic E-state index is 0.0995. The Kier molecular flexibility index (Phi) is 4.36. The molecule has 0 saturated carbocycles. The van der Waals surface area contributed by atoms with Gasteiger partial charge in [0.15, 0.2) is 0 Å². The molecule has 15 heavy (non-hydrogen) atoms. The van der Waals surface area contributed by atoms with Crippen LogP contribution in [-0.2, 0) is 9.53 Å². The summed E-state index contributed by atoms with van der Waals surface area (Å²) >= 11 is 0. The number of hydrogen-bond acceptors (Lipinski definition) is 3. The van der Waals surface area contributed by atoms with Crippen LogP contribution in [0.3, 0.4) is 0 Å². The van der Waals surface area contributed by atoms with Crippen LogP contribution in [0.4, 0.5) is 4.79 Å². The lowest BCUT2D eigenvalue weighted by Crippen LogP contribution is -2.46. The summed E-state index contributed by atoms with van der Waals surface area (Å²) in [6.07, 6.45) is 1.57. The number of amides is 2. The Morgan fingerprint density at radius 1 is 1.47 bits per heavy atom. The van der Waals surface area contributed by atoms with Gasteiger partial charge in [0.2, 0.25) is 0 Å².